The smallest absolute Gasteiger partial charge is 0.150 e. The van der Waals surface area contributed by atoms with Gasteiger partial charge in [-0.15, -0.1) is 11.6 Å². The van der Waals surface area contributed by atoms with E-state index < -0.39 is 0 Å². The van der Waals surface area contributed by atoms with E-state index in [1.54, 1.807) is 0 Å². The molecule has 24 heavy (non-hydrogen) atoms. The normalized spacial score (nSPS) is 16.7. The molecule has 0 fully saturated rings. The van der Waals surface area contributed by atoms with Gasteiger partial charge >= 0.3 is 0 Å². The number of hydrogen-bond acceptors (Lipinski definition) is 1. The molecule has 0 saturated carbocycles. The van der Waals surface area contributed by atoms with Crippen molar-refractivity contribution in [1.82, 2.24) is 0 Å². The Morgan fingerprint density at radius 1 is 0.875 bits per heavy atom. The van der Waals surface area contributed by atoms with E-state index in [-0.39, 0.29) is 16.2 Å². The number of alkyl halides is 1. The largest absolute Gasteiger partial charge is 0.298 e. The van der Waals surface area contributed by atoms with Gasteiger partial charge in [0.05, 0.1) is 5.38 Å². The lowest BCUT2D eigenvalue weighted by atomic mass is 9.83. The van der Waals surface area contributed by atoms with Gasteiger partial charge < -0.3 is 0 Å². The van der Waals surface area contributed by atoms with Crippen molar-refractivity contribution in [3.63, 3.8) is 0 Å². The van der Waals surface area contributed by atoms with Crippen LogP contribution in [-0.2, 0) is 10.8 Å². The number of benzene rings is 2. The molecule has 1 atom stereocenters. The summed E-state index contributed by atoms with van der Waals surface area (Å²) in [6.07, 6.45) is 0.963. The number of carbonyl (C=O) groups is 1. The third-order valence-electron chi connectivity index (χ3n) is 4.93. The molecule has 0 aliphatic heterocycles. The first kappa shape index (κ1) is 17.2. The summed E-state index contributed by atoms with van der Waals surface area (Å²) in [5.74, 6) is 0. The van der Waals surface area contributed by atoms with E-state index in [1.807, 2.05) is 6.07 Å². The van der Waals surface area contributed by atoms with Crippen molar-refractivity contribution in [3.8, 4) is 11.1 Å². The lowest BCUT2D eigenvalue weighted by Gasteiger charge is -2.21. The molecule has 2 aromatic carbocycles. The average Bonchev–Trinajstić information content (AvgIpc) is 2.77. The molecule has 3 rings (SSSR count). The summed E-state index contributed by atoms with van der Waals surface area (Å²) in [6, 6.07) is 10.7. The van der Waals surface area contributed by atoms with Crippen LogP contribution in [0.3, 0.4) is 0 Å². The second-order valence-corrected chi connectivity index (χ2v) is 9.25. The average molecular weight is 341 g/mol. The zero-order valence-electron chi connectivity index (χ0n) is 15.3. The lowest BCUT2D eigenvalue weighted by Crippen LogP contribution is -2.12. The van der Waals surface area contributed by atoms with Gasteiger partial charge in [-0.2, -0.15) is 0 Å². The summed E-state index contributed by atoms with van der Waals surface area (Å²) >= 11 is 6.83. The van der Waals surface area contributed by atoms with Crippen LogP contribution in [0.5, 0.6) is 0 Å². The molecule has 126 valence electrons. The maximum Gasteiger partial charge on any atom is 0.150 e. The molecule has 1 aliphatic carbocycles. The van der Waals surface area contributed by atoms with Crippen LogP contribution in [0.4, 0.5) is 0 Å². The van der Waals surface area contributed by atoms with Crippen LogP contribution in [0.1, 0.15) is 79.5 Å². The topological polar surface area (TPSA) is 17.1 Å². The number of carbonyl (C=O) groups excluding carboxylic acids is 1. The van der Waals surface area contributed by atoms with Crippen LogP contribution in [0.2, 0.25) is 0 Å². The maximum atomic E-state index is 11.7. The van der Waals surface area contributed by atoms with Gasteiger partial charge in [0.1, 0.15) is 0 Å². The summed E-state index contributed by atoms with van der Waals surface area (Å²) in [7, 11) is 0. The number of hydrogen-bond donors (Lipinski definition) is 0. The Labute approximate surface area is 150 Å². The van der Waals surface area contributed by atoms with Crippen LogP contribution in [0, 0.1) is 0 Å². The molecular formula is C22H25ClO. The molecule has 0 radical (unpaired) electrons. The van der Waals surface area contributed by atoms with Gasteiger partial charge in [-0.1, -0.05) is 65.8 Å². The van der Waals surface area contributed by atoms with E-state index in [1.165, 1.54) is 5.56 Å². The minimum Gasteiger partial charge on any atom is -0.298 e. The monoisotopic (exact) mass is 340 g/mol. The third-order valence-corrected chi connectivity index (χ3v) is 5.40. The van der Waals surface area contributed by atoms with Crippen molar-refractivity contribution in [1.29, 1.82) is 0 Å². The van der Waals surface area contributed by atoms with Crippen molar-refractivity contribution in [2.75, 3.05) is 0 Å². The third kappa shape index (κ3) is 2.69. The lowest BCUT2D eigenvalue weighted by molar-refractivity contribution is 0.112. The van der Waals surface area contributed by atoms with Gasteiger partial charge in [0.25, 0.3) is 0 Å². The highest BCUT2D eigenvalue weighted by molar-refractivity contribution is 6.25. The van der Waals surface area contributed by atoms with Crippen molar-refractivity contribution in [3.05, 3.63) is 58.1 Å². The fraction of sp³-hybridized carbons (Fsp3) is 0.409. The van der Waals surface area contributed by atoms with Gasteiger partial charge in [0, 0.05) is 5.56 Å². The van der Waals surface area contributed by atoms with Gasteiger partial charge in [-0.05, 0) is 50.3 Å². The van der Waals surface area contributed by atoms with Crippen molar-refractivity contribution < 1.29 is 4.79 Å². The predicted octanol–water partition coefficient (Wildman–Crippen LogP) is 6.40. The number of aldehydes is 1. The summed E-state index contributed by atoms with van der Waals surface area (Å²) in [4.78, 5) is 11.7. The first-order valence-corrected chi connectivity index (χ1v) is 8.90. The van der Waals surface area contributed by atoms with E-state index >= 15 is 0 Å². The van der Waals surface area contributed by atoms with Crippen LogP contribution in [0.25, 0.3) is 11.1 Å². The predicted molar refractivity (Wildman–Crippen MR) is 102 cm³/mol. The van der Waals surface area contributed by atoms with E-state index in [0.717, 1.165) is 39.7 Å². The van der Waals surface area contributed by atoms with Gasteiger partial charge in [0.2, 0.25) is 0 Å². The van der Waals surface area contributed by atoms with Crippen molar-refractivity contribution in [2.24, 2.45) is 0 Å². The molecule has 1 unspecified atom stereocenters. The maximum absolute atomic E-state index is 11.7. The fourth-order valence-corrected chi connectivity index (χ4v) is 3.71. The summed E-state index contributed by atoms with van der Waals surface area (Å²) < 4.78 is 0. The first-order valence-electron chi connectivity index (χ1n) is 8.46. The van der Waals surface area contributed by atoms with E-state index in [2.05, 4.69) is 65.8 Å². The Morgan fingerprint density at radius 3 is 2.00 bits per heavy atom. The Hall–Kier alpha value is -1.60. The molecule has 1 aliphatic rings. The molecule has 2 heteroatoms. The highest BCUT2D eigenvalue weighted by Gasteiger charge is 2.32. The van der Waals surface area contributed by atoms with Gasteiger partial charge in [-0.3, -0.25) is 4.79 Å². The number of fused-ring (bicyclic) bond motifs is 3. The summed E-state index contributed by atoms with van der Waals surface area (Å²) in [5.41, 5.74) is 7.50. The molecule has 1 nitrogen and oxygen atoms in total. The standard InChI is InChI=1S/C22H25ClO/c1-21(2,3)14-7-8-16-17(10-14)20(23)18-11-15(22(4,5)6)9-13(12-24)19(16)18/h7-12,20H,1-6H3. The zero-order chi connectivity index (χ0) is 17.9. The molecular weight excluding hydrogens is 316 g/mol. The van der Waals surface area contributed by atoms with Crippen molar-refractivity contribution >= 4 is 17.9 Å². The van der Waals surface area contributed by atoms with Crippen LogP contribution in [-0.4, -0.2) is 6.29 Å². The highest BCUT2D eigenvalue weighted by Crippen LogP contribution is 2.50. The van der Waals surface area contributed by atoms with Crippen LogP contribution in [0.15, 0.2) is 30.3 Å². The number of halogens is 1. The Kier molecular flexibility index (Phi) is 3.92. The van der Waals surface area contributed by atoms with Crippen LogP contribution >= 0.6 is 11.6 Å². The molecule has 0 bridgehead atoms. The SMILES string of the molecule is CC(C)(C)c1ccc2c(c1)C(Cl)c1cc(C(C)(C)C)cc(C=O)c1-2. The fourth-order valence-electron chi connectivity index (χ4n) is 3.36. The molecule has 0 amide bonds. The molecule has 0 N–H and O–H groups in total. The Bertz CT molecular complexity index is 819. The molecule has 2 aromatic rings. The number of rotatable bonds is 1. The van der Waals surface area contributed by atoms with Crippen molar-refractivity contribution in [2.45, 2.75) is 57.7 Å². The van der Waals surface area contributed by atoms with Crippen LogP contribution < -0.4 is 0 Å². The second kappa shape index (κ2) is 5.46. The van der Waals surface area contributed by atoms with E-state index in [0.29, 0.717) is 0 Å². The Morgan fingerprint density at radius 2 is 1.46 bits per heavy atom. The minimum absolute atomic E-state index is 0.0191. The minimum atomic E-state index is -0.196. The quantitative estimate of drug-likeness (QED) is 0.433. The molecule has 0 heterocycles. The first-order chi connectivity index (χ1) is 11.0. The Balaban J connectivity index is 2.25. The van der Waals surface area contributed by atoms with Gasteiger partial charge in [0.15, 0.2) is 6.29 Å². The van der Waals surface area contributed by atoms with E-state index in [4.69, 9.17) is 11.6 Å². The summed E-state index contributed by atoms with van der Waals surface area (Å²) in [6.45, 7) is 13.1. The molecule has 0 saturated heterocycles. The molecule has 0 spiro atoms. The second-order valence-electron chi connectivity index (χ2n) is 8.81. The zero-order valence-corrected chi connectivity index (χ0v) is 16.1. The summed E-state index contributed by atoms with van der Waals surface area (Å²) in [5, 5.41) is -0.196. The molecule has 0 aromatic heterocycles. The van der Waals surface area contributed by atoms with Gasteiger partial charge in [-0.25, -0.2) is 0 Å². The highest BCUT2D eigenvalue weighted by atomic mass is 35.5. The van der Waals surface area contributed by atoms with E-state index in [9.17, 15) is 4.79 Å².